The van der Waals surface area contributed by atoms with Crippen molar-refractivity contribution in [3.8, 4) is 0 Å². The van der Waals surface area contributed by atoms with Crippen LogP contribution in [-0.2, 0) is 0 Å². The average molecular weight is 222 g/mol. The van der Waals surface area contributed by atoms with Gasteiger partial charge in [-0.25, -0.2) is 0 Å². The number of nitrogens with one attached hydrogen (secondary N) is 1. The van der Waals surface area contributed by atoms with Gasteiger partial charge >= 0.3 is 0 Å². The quantitative estimate of drug-likeness (QED) is 0.865. The lowest BCUT2D eigenvalue weighted by molar-refractivity contribution is 0.867. The SMILES string of the molecule is CCN(CC)c1ccc2c(=O)[nH]sc2c1. The third kappa shape index (κ3) is 1.77. The maximum atomic E-state index is 11.3. The zero-order chi connectivity index (χ0) is 10.8. The second-order valence-electron chi connectivity index (χ2n) is 3.39. The summed E-state index contributed by atoms with van der Waals surface area (Å²) in [6.07, 6.45) is 0. The minimum Gasteiger partial charge on any atom is -0.372 e. The van der Waals surface area contributed by atoms with Crippen LogP contribution in [-0.4, -0.2) is 17.5 Å². The number of H-pyrrole nitrogens is 1. The van der Waals surface area contributed by atoms with Crippen LogP contribution in [0.15, 0.2) is 23.0 Å². The Morgan fingerprint density at radius 1 is 1.33 bits per heavy atom. The normalized spacial score (nSPS) is 10.8. The number of hydrogen-bond donors (Lipinski definition) is 1. The Labute approximate surface area is 92.5 Å². The monoisotopic (exact) mass is 222 g/mol. The minimum absolute atomic E-state index is 0.0149. The number of aromatic nitrogens is 1. The first-order chi connectivity index (χ1) is 7.26. The summed E-state index contributed by atoms with van der Waals surface area (Å²) in [6, 6.07) is 5.99. The average Bonchev–Trinajstić information content (AvgIpc) is 2.62. The summed E-state index contributed by atoms with van der Waals surface area (Å²) in [7, 11) is 0. The molecule has 0 fully saturated rings. The lowest BCUT2D eigenvalue weighted by Crippen LogP contribution is -2.21. The number of rotatable bonds is 3. The van der Waals surface area contributed by atoms with Gasteiger partial charge in [0, 0.05) is 18.8 Å². The lowest BCUT2D eigenvalue weighted by Gasteiger charge is -2.20. The molecule has 0 aliphatic rings. The highest BCUT2D eigenvalue weighted by Gasteiger charge is 2.05. The van der Waals surface area contributed by atoms with Crippen molar-refractivity contribution in [3.05, 3.63) is 28.6 Å². The zero-order valence-electron chi connectivity index (χ0n) is 8.91. The summed E-state index contributed by atoms with van der Waals surface area (Å²) in [5.41, 5.74) is 1.20. The van der Waals surface area contributed by atoms with Crippen LogP contribution < -0.4 is 10.5 Å². The molecule has 0 aliphatic carbocycles. The molecular formula is C11H14N2OS. The van der Waals surface area contributed by atoms with E-state index in [0.717, 1.165) is 23.2 Å². The van der Waals surface area contributed by atoms with Crippen LogP contribution in [0.2, 0.25) is 0 Å². The van der Waals surface area contributed by atoms with Gasteiger partial charge in [0.25, 0.3) is 5.56 Å². The summed E-state index contributed by atoms with van der Waals surface area (Å²) < 4.78 is 3.78. The maximum absolute atomic E-state index is 11.3. The third-order valence-corrected chi connectivity index (χ3v) is 3.44. The molecule has 80 valence electrons. The van der Waals surface area contributed by atoms with Gasteiger partial charge in [0.1, 0.15) is 0 Å². The molecule has 0 radical (unpaired) electrons. The van der Waals surface area contributed by atoms with Gasteiger partial charge in [-0.1, -0.05) is 11.5 Å². The van der Waals surface area contributed by atoms with E-state index in [-0.39, 0.29) is 5.56 Å². The molecule has 0 bridgehead atoms. The Kier molecular flexibility index (Phi) is 2.77. The maximum Gasteiger partial charge on any atom is 0.265 e. The molecule has 0 spiro atoms. The molecule has 2 rings (SSSR count). The van der Waals surface area contributed by atoms with Crippen LogP contribution in [0.1, 0.15) is 13.8 Å². The predicted octanol–water partition coefficient (Wildman–Crippen LogP) is 2.44. The van der Waals surface area contributed by atoms with Crippen LogP contribution in [0.3, 0.4) is 0 Å². The van der Waals surface area contributed by atoms with Gasteiger partial charge in [-0.2, -0.15) is 0 Å². The number of fused-ring (bicyclic) bond motifs is 1. The van der Waals surface area contributed by atoms with Gasteiger partial charge in [-0.15, -0.1) is 0 Å². The van der Waals surface area contributed by atoms with Gasteiger partial charge in [-0.3, -0.25) is 9.17 Å². The Balaban J connectivity index is 2.51. The Hall–Kier alpha value is -1.29. The first-order valence-electron chi connectivity index (χ1n) is 5.12. The van der Waals surface area contributed by atoms with Crippen molar-refractivity contribution in [2.75, 3.05) is 18.0 Å². The summed E-state index contributed by atoms with van der Waals surface area (Å²) in [6.45, 7) is 6.24. The fraction of sp³-hybridized carbons (Fsp3) is 0.364. The van der Waals surface area contributed by atoms with Crippen molar-refractivity contribution in [1.82, 2.24) is 4.37 Å². The van der Waals surface area contributed by atoms with E-state index in [0.29, 0.717) is 0 Å². The molecule has 0 aliphatic heterocycles. The molecule has 0 saturated carbocycles. The first kappa shape index (κ1) is 10.2. The number of benzene rings is 1. The van der Waals surface area contributed by atoms with Gasteiger partial charge in [0.05, 0.1) is 10.1 Å². The topological polar surface area (TPSA) is 36.1 Å². The van der Waals surface area contributed by atoms with E-state index in [1.54, 1.807) is 0 Å². The summed E-state index contributed by atoms with van der Waals surface area (Å²) in [5, 5.41) is 0.788. The molecule has 1 aromatic heterocycles. The Bertz CT molecular complexity index is 511. The van der Waals surface area contributed by atoms with Gasteiger partial charge in [0.15, 0.2) is 0 Å². The number of hydrogen-bond acceptors (Lipinski definition) is 3. The highest BCUT2D eigenvalue weighted by Crippen LogP contribution is 2.22. The molecule has 2 aromatic rings. The molecular weight excluding hydrogens is 208 g/mol. The smallest absolute Gasteiger partial charge is 0.265 e. The number of aromatic amines is 1. The Morgan fingerprint density at radius 2 is 2.07 bits per heavy atom. The molecule has 1 heterocycles. The summed E-state index contributed by atoms with van der Waals surface area (Å²) >= 11 is 1.40. The van der Waals surface area contributed by atoms with Crippen LogP contribution in [0.5, 0.6) is 0 Å². The standard InChI is InChI=1S/C11H14N2OS/c1-3-13(4-2)8-5-6-9-10(7-8)15-12-11(9)14/h5-7H,3-4H2,1-2H3,(H,12,14). The number of anilines is 1. The van der Waals surface area contributed by atoms with E-state index in [4.69, 9.17) is 0 Å². The van der Waals surface area contributed by atoms with Crippen LogP contribution in [0, 0.1) is 0 Å². The molecule has 0 amide bonds. The van der Waals surface area contributed by atoms with Gasteiger partial charge in [-0.05, 0) is 32.0 Å². The second-order valence-corrected chi connectivity index (χ2v) is 4.23. The van der Waals surface area contributed by atoms with Gasteiger partial charge in [0.2, 0.25) is 0 Å². The molecule has 0 unspecified atom stereocenters. The minimum atomic E-state index is 0.0149. The van der Waals surface area contributed by atoms with Crippen molar-refractivity contribution >= 4 is 27.3 Å². The van der Waals surface area contributed by atoms with Crippen LogP contribution >= 0.6 is 11.5 Å². The molecule has 4 heteroatoms. The van der Waals surface area contributed by atoms with E-state index in [1.807, 2.05) is 12.1 Å². The highest BCUT2D eigenvalue weighted by atomic mass is 32.1. The van der Waals surface area contributed by atoms with Crippen molar-refractivity contribution < 1.29 is 0 Å². The van der Waals surface area contributed by atoms with Crippen molar-refractivity contribution in [3.63, 3.8) is 0 Å². The molecule has 3 nitrogen and oxygen atoms in total. The molecule has 0 atom stereocenters. The van der Waals surface area contributed by atoms with Crippen molar-refractivity contribution in [1.29, 1.82) is 0 Å². The van der Waals surface area contributed by atoms with Crippen molar-refractivity contribution in [2.24, 2.45) is 0 Å². The Morgan fingerprint density at radius 3 is 2.73 bits per heavy atom. The fourth-order valence-corrected chi connectivity index (χ4v) is 2.49. The van der Waals surface area contributed by atoms with Gasteiger partial charge < -0.3 is 4.90 Å². The number of nitrogens with zero attached hydrogens (tertiary/aromatic N) is 1. The molecule has 0 saturated heterocycles. The predicted molar refractivity (Wildman–Crippen MR) is 66.0 cm³/mol. The second kappa shape index (κ2) is 4.06. The molecule has 1 aromatic carbocycles. The zero-order valence-corrected chi connectivity index (χ0v) is 9.73. The summed E-state index contributed by atoms with van der Waals surface area (Å²) in [4.78, 5) is 13.6. The van der Waals surface area contributed by atoms with E-state index >= 15 is 0 Å². The molecule has 1 N–H and O–H groups in total. The largest absolute Gasteiger partial charge is 0.372 e. The van der Waals surface area contributed by atoms with E-state index in [1.165, 1.54) is 17.2 Å². The lowest BCUT2D eigenvalue weighted by atomic mass is 10.2. The van der Waals surface area contributed by atoms with Crippen LogP contribution in [0.4, 0.5) is 5.69 Å². The van der Waals surface area contributed by atoms with E-state index < -0.39 is 0 Å². The van der Waals surface area contributed by atoms with E-state index in [9.17, 15) is 4.79 Å². The first-order valence-corrected chi connectivity index (χ1v) is 5.94. The highest BCUT2D eigenvalue weighted by molar-refractivity contribution is 7.13. The van der Waals surface area contributed by atoms with E-state index in [2.05, 4.69) is 29.2 Å². The fourth-order valence-electron chi connectivity index (χ4n) is 1.72. The third-order valence-electron chi connectivity index (χ3n) is 2.59. The van der Waals surface area contributed by atoms with Crippen LogP contribution in [0.25, 0.3) is 10.1 Å². The molecule has 15 heavy (non-hydrogen) atoms. The van der Waals surface area contributed by atoms with Crippen molar-refractivity contribution in [2.45, 2.75) is 13.8 Å². The summed E-state index contributed by atoms with van der Waals surface area (Å²) in [5.74, 6) is 0.